The van der Waals surface area contributed by atoms with Crippen molar-refractivity contribution in [3.8, 4) is 11.1 Å². The molecule has 0 saturated carbocycles. The zero-order chi connectivity index (χ0) is 23.0. The number of carbonyl (C=O) groups excluding carboxylic acids is 1. The summed E-state index contributed by atoms with van der Waals surface area (Å²) in [5.41, 5.74) is -6.35. The number of pyridine rings is 1. The highest BCUT2D eigenvalue weighted by molar-refractivity contribution is 6.10. The number of nitrogens with one attached hydrogen (secondary N) is 2. The number of rotatable bonds is 3. The number of aromatic nitrogens is 1. The summed E-state index contributed by atoms with van der Waals surface area (Å²) in [5, 5.41) is 2.08. The standard InChI is InChI=1S/C20H11F7N2O2/c21-12-3-1-10(2-4-12)14-7-11(19(22,23)24)8-15(20(25,26)27)17(14)18(31)29-13-5-6-28-16(30)9-13/h1-9H,(H2,28,29,30,31). The van der Waals surface area contributed by atoms with Gasteiger partial charge in [0, 0.05) is 18.0 Å². The Morgan fingerprint density at radius 1 is 0.871 bits per heavy atom. The molecule has 0 spiro atoms. The van der Waals surface area contributed by atoms with Gasteiger partial charge in [-0.3, -0.25) is 9.59 Å². The van der Waals surface area contributed by atoms with Crippen LogP contribution in [0.4, 0.5) is 36.4 Å². The minimum atomic E-state index is -5.32. The van der Waals surface area contributed by atoms with Crippen LogP contribution in [0.1, 0.15) is 21.5 Å². The van der Waals surface area contributed by atoms with Gasteiger partial charge in [-0.05, 0) is 41.5 Å². The van der Waals surface area contributed by atoms with Crippen LogP contribution in [0.25, 0.3) is 11.1 Å². The number of anilines is 1. The molecule has 0 aliphatic rings. The van der Waals surface area contributed by atoms with Crippen LogP contribution >= 0.6 is 0 Å². The fourth-order valence-electron chi connectivity index (χ4n) is 2.85. The average molecular weight is 444 g/mol. The number of hydrogen-bond donors (Lipinski definition) is 2. The van der Waals surface area contributed by atoms with Gasteiger partial charge >= 0.3 is 12.4 Å². The summed E-state index contributed by atoms with van der Waals surface area (Å²) >= 11 is 0. The van der Waals surface area contributed by atoms with Crippen molar-refractivity contribution in [3.63, 3.8) is 0 Å². The Morgan fingerprint density at radius 2 is 1.52 bits per heavy atom. The fourth-order valence-corrected chi connectivity index (χ4v) is 2.85. The number of H-pyrrole nitrogens is 1. The summed E-state index contributed by atoms with van der Waals surface area (Å²) in [6.07, 6.45) is -9.34. The van der Waals surface area contributed by atoms with E-state index in [0.29, 0.717) is 6.07 Å². The number of hydrogen-bond acceptors (Lipinski definition) is 2. The molecule has 0 aliphatic heterocycles. The molecule has 0 fully saturated rings. The van der Waals surface area contributed by atoms with Crippen molar-refractivity contribution in [1.29, 1.82) is 0 Å². The molecule has 0 atom stereocenters. The van der Waals surface area contributed by atoms with Crippen LogP contribution in [0.5, 0.6) is 0 Å². The van der Waals surface area contributed by atoms with Crippen LogP contribution in [-0.4, -0.2) is 10.9 Å². The molecule has 2 N–H and O–H groups in total. The van der Waals surface area contributed by atoms with Crippen molar-refractivity contribution in [1.82, 2.24) is 4.98 Å². The molecule has 0 radical (unpaired) electrons. The summed E-state index contributed by atoms with van der Waals surface area (Å²) < 4.78 is 94.1. The maximum Gasteiger partial charge on any atom is 0.417 e. The first kappa shape index (κ1) is 22.1. The van der Waals surface area contributed by atoms with Crippen molar-refractivity contribution in [2.45, 2.75) is 12.4 Å². The Balaban J connectivity index is 2.29. The third-order valence-electron chi connectivity index (χ3n) is 4.19. The minimum Gasteiger partial charge on any atom is -0.329 e. The first-order valence-electron chi connectivity index (χ1n) is 8.45. The quantitative estimate of drug-likeness (QED) is 0.527. The van der Waals surface area contributed by atoms with E-state index >= 15 is 0 Å². The van der Waals surface area contributed by atoms with Gasteiger partial charge in [0.05, 0.1) is 16.7 Å². The number of carbonyl (C=O) groups is 1. The molecular formula is C20H11F7N2O2. The Labute approximate surface area is 169 Å². The van der Waals surface area contributed by atoms with Gasteiger partial charge < -0.3 is 10.3 Å². The van der Waals surface area contributed by atoms with Gasteiger partial charge in [-0.25, -0.2) is 4.39 Å². The Hall–Kier alpha value is -3.63. The van der Waals surface area contributed by atoms with Crippen LogP contribution in [0.15, 0.2) is 59.5 Å². The Bertz CT molecular complexity index is 1180. The van der Waals surface area contributed by atoms with Crippen LogP contribution in [0.2, 0.25) is 0 Å². The summed E-state index contributed by atoms with van der Waals surface area (Å²) in [6.45, 7) is 0. The Kier molecular flexibility index (Phi) is 5.62. The monoisotopic (exact) mass is 444 g/mol. The molecule has 0 aliphatic carbocycles. The molecule has 1 heterocycles. The van der Waals surface area contributed by atoms with E-state index in [-0.39, 0.29) is 17.3 Å². The van der Waals surface area contributed by atoms with Crippen molar-refractivity contribution in [2.75, 3.05) is 5.32 Å². The van der Waals surface area contributed by atoms with Crippen LogP contribution in [0, 0.1) is 5.82 Å². The van der Waals surface area contributed by atoms with E-state index in [4.69, 9.17) is 0 Å². The molecular weight excluding hydrogens is 433 g/mol. The van der Waals surface area contributed by atoms with Gasteiger partial charge in [-0.2, -0.15) is 26.3 Å². The van der Waals surface area contributed by atoms with Gasteiger partial charge in [0.1, 0.15) is 5.82 Å². The highest BCUT2D eigenvalue weighted by atomic mass is 19.4. The summed E-state index contributed by atoms with van der Waals surface area (Å²) in [4.78, 5) is 26.3. The predicted octanol–water partition coefficient (Wildman–Crippen LogP) is 5.47. The molecule has 1 amide bonds. The third kappa shape index (κ3) is 4.93. The lowest BCUT2D eigenvalue weighted by atomic mass is 9.91. The zero-order valence-electron chi connectivity index (χ0n) is 15.2. The van der Waals surface area contributed by atoms with Gasteiger partial charge in [0.25, 0.3) is 5.91 Å². The molecule has 0 bridgehead atoms. The normalized spacial score (nSPS) is 12.0. The lowest BCUT2D eigenvalue weighted by Crippen LogP contribution is -2.22. The second-order valence-electron chi connectivity index (χ2n) is 6.34. The van der Waals surface area contributed by atoms with E-state index in [0.717, 1.165) is 36.5 Å². The fraction of sp³-hybridized carbons (Fsp3) is 0.100. The molecule has 2 aromatic carbocycles. The van der Waals surface area contributed by atoms with Crippen LogP contribution in [0.3, 0.4) is 0 Å². The largest absolute Gasteiger partial charge is 0.417 e. The molecule has 31 heavy (non-hydrogen) atoms. The Morgan fingerprint density at radius 3 is 2.06 bits per heavy atom. The third-order valence-corrected chi connectivity index (χ3v) is 4.19. The van der Waals surface area contributed by atoms with Crippen molar-refractivity contribution < 1.29 is 35.5 Å². The van der Waals surface area contributed by atoms with Crippen LogP contribution < -0.4 is 10.9 Å². The molecule has 4 nitrogen and oxygen atoms in total. The van der Waals surface area contributed by atoms with Crippen molar-refractivity contribution in [3.05, 3.63) is 87.6 Å². The number of amides is 1. The number of halogens is 7. The van der Waals surface area contributed by atoms with Crippen LogP contribution in [-0.2, 0) is 12.4 Å². The second-order valence-corrected chi connectivity index (χ2v) is 6.34. The van der Waals surface area contributed by atoms with Gasteiger partial charge in [0.2, 0.25) is 5.56 Å². The molecule has 3 rings (SSSR count). The first-order valence-corrected chi connectivity index (χ1v) is 8.45. The van der Waals surface area contributed by atoms with Gasteiger partial charge in [-0.1, -0.05) is 12.1 Å². The predicted molar refractivity (Wildman–Crippen MR) is 96.9 cm³/mol. The smallest absolute Gasteiger partial charge is 0.329 e. The summed E-state index contributed by atoms with van der Waals surface area (Å²) in [5.74, 6) is -2.17. The number of benzene rings is 2. The van der Waals surface area contributed by atoms with E-state index in [1.54, 1.807) is 0 Å². The minimum absolute atomic E-state index is 0.167. The van der Waals surface area contributed by atoms with Crippen molar-refractivity contribution >= 4 is 11.6 Å². The highest BCUT2D eigenvalue weighted by Crippen LogP contribution is 2.42. The SMILES string of the molecule is O=C(Nc1cc[nH]c(=O)c1)c1c(-c2ccc(F)cc2)cc(C(F)(F)F)cc1C(F)(F)F. The number of aromatic amines is 1. The van der Waals surface area contributed by atoms with Gasteiger partial charge in [0.15, 0.2) is 0 Å². The first-order chi connectivity index (χ1) is 14.4. The highest BCUT2D eigenvalue weighted by Gasteiger charge is 2.41. The molecule has 11 heteroatoms. The van der Waals surface area contributed by atoms with E-state index in [2.05, 4.69) is 10.3 Å². The number of alkyl halides is 6. The molecule has 162 valence electrons. The summed E-state index contributed by atoms with van der Waals surface area (Å²) in [6, 6.07) is 5.85. The van der Waals surface area contributed by atoms with Gasteiger partial charge in [-0.15, -0.1) is 0 Å². The maximum absolute atomic E-state index is 13.7. The maximum atomic E-state index is 13.7. The average Bonchev–Trinajstić information content (AvgIpc) is 2.66. The lowest BCUT2D eigenvalue weighted by molar-refractivity contribution is -0.143. The molecule has 0 unspecified atom stereocenters. The molecule has 0 saturated heterocycles. The second kappa shape index (κ2) is 7.89. The molecule has 1 aromatic heterocycles. The van der Waals surface area contributed by atoms with E-state index in [1.165, 1.54) is 6.07 Å². The van der Waals surface area contributed by atoms with E-state index < -0.39 is 51.9 Å². The molecule has 3 aromatic rings. The van der Waals surface area contributed by atoms with Crippen molar-refractivity contribution in [2.24, 2.45) is 0 Å². The topological polar surface area (TPSA) is 62.0 Å². The van der Waals surface area contributed by atoms with E-state index in [1.807, 2.05) is 0 Å². The summed E-state index contributed by atoms with van der Waals surface area (Å²) in [7, 11) is 0. The van der Waals surface area contributed by atoms with E-state index in [9.17, 15) is 40.3 Å². The zero-order valence-corrected chi connectivity index (χ0v) is 15.2. The lowest BCUT2D eigenvalue weighted by Gasteiger charge is -2.20.